The van der Waals surface area contributed by atoms with Gasteiger partial charge in [0, 0.05) is 23.2 Å². The van der Waals surface area contributed by atoms with Gasteiger partial charge in [-0.2, -0.15) is 5.10 Å². The maximum absolute atomic E-state index is 13.3. The zero-order chi connectivity index (χ0) is 22.4. The molecular weight excluding hydrogens is 450 g/mol. The van der Waals surface area contributed by atoms with Crippen molar-refractivity contribution in [3.63, 3.8) is 0 Å². The SMILES string of the molecule is O=C1C(=Cc2cn(-c3ccccc3)nc2-c2cc3ccccc3o2)SC(=S)N1C1CCCC1. The van der Waals surface area contributed by atoms with Gasteiger partial charge in [0.15, 0.2) is 5.76 Å². The highest BCUT2D eigenvalue weighted by atomic mass is 32.2. The molecule has 0 atom stereocenters. The number of hydrogen-bond acceptors (Lipinski definition) is 5. The Morgan fingerprint density at radius 3 is 2.61 bits per heavy atom. The number of carbonyl (C=O) groups is 1. The Morgan fingerprint density at radius 1 is 1.06 bits per heavy atom. The summed E-state index contributed by atoms with van der Waals surface area (Å²) in [7, 11) is 0. The van der Waals surface area contributed by atoms with E-state index in [0.717, 1.165) is 47.9 Å². The largest absolute Gasteiger partial charge is 0.454 e. The molecule has 0 spiro atoms. The van der Waals surface area contributed by atoms with Crippen LogP contribution in [0.4, 0.5) is 0 Å². The minimum absolute atomic E-state index is 0.0000767. The summed E-state index contributed by atoms with van der Waals surface area (Å²) in [6, 6.07) is 20.0. The number of nitrogens with zero attached hydrogens (tertiary/aromatic N) is 3. The van der Waals surface area contributed by atoms with Crippen molar-refractivity contribution in [2.24, 2.45) is 0 Å². The molecule has 1 aliphatic heterocycles. The summed E-state index contributed by atoms with van der Waals surface area (Å²) in [6.45, 7) is 0. The Morgan fingerprint density at radius 2 is 1.82 bits per heavy atom. The third-order valence-corrected chi connectivity index (χ3v) is 7.55. The van der Waals surface area contributed by atoms with E-state index in [0.29, 0.717) is 20.7 Å². The average molecular weight is 472 g/mol. The van der Waals surface area contributed by atoms with E-state index in [-0.39, 0.29) is 11.9 Å². The summed E-state index contributed by atoms with van der Waals surface area (Å²) in [6.07, 6.45) is 8.20. The number of amides is 1. The number of benzene rings is 2. The third-order valence-electron chi connectivity index (χ3n) is 6.22. The summed E-state index contributed by atoms with van der Waals surface area (Å²) < 4.78 is 8.60. The lowest BCUT2D eigenvalue weighted by atomic mass is 10.1. The maximum Gasteiger partial charge on any atom is 0.266 e. The van der Waals surface area contributed by atoms with Crippen LogP contribution < -0.4 is 0 Å². The molecule has 0 unspecified atom stereocenters. The van der Waals surface area contributed by atoms with Crippen molar-refractivity contribution in [3.8, 4) is 17.1 Å². The van der Waals surface area contributed by atoms with Crippen molar-refractivity contribution in [2.75, 3.05) is 0 Å². The van der Waals surface area contributed by atoms with Crippen LogP contribution in [0.1, 0.15) is 31.2 Å². The summed E-state index contributed by atoms with van der Waals surface area (Å²) in [4.78, 5) is 15.7. The molecule has 2 fully saturated rings. The van der Waals surface area contributed by atoms with Crippen LogP contribution in [0.3, 0.4) is 0 Å². The molecular formula is C26H21N3O2S2. The molecule has 7 heteroatoms. The predicted octanol–water partition coefficient (Wildman–Crippen LogP) is 6.43. The Kier molecular flexibility index (Phi) is 5.15. The van der Waals surface area contributed by atoms with Crippen molar-refractivity contribution < 1.29 is 9.21 Å². The van der Waals surface area contributed by atoms with Crippen LogP contribution in [-0.2, 0) is 4.79 Å². The number of thiocarbonyl (C=S) groups is 1. The first kappa shape index (κ1) is 20.4. The molecule has 2 aromatic heterocycles. The Bertz CT molecular complexity index is 1360. The van der Waals surface area contributed by atoms with E-state index in [4.69, 9.17) is 21.7 Å². The van der Waals surface area contributed by atoms with E-state index in [2.05, 4.69) is 0 Å². The minimum atomic E-state index is -0.0000767. The highest BCUT2D eigenvalue weighted by Crippen LogP contribution is 2.39. The van der Waals surface area contributed by atoms with E-state index in [1.165, 1.54) is 11.8 Å². The van der Waals surface area contributed by atoms with E-state index in [9.17, 15) is 4.79 Å². The molecule has 4 aromatic rings. The molecule has 1 amide bonds. The summed E-state index contributed by atoms with van der Waals surface area (Å²) in [5, 5.41) is 5.85. The van der Waals surface area contributed by atoms with Gasteiger partial charge >= 0.3 is 0 Å². The fourth-order valence-electron chi connectivity index (χ4n) is 4.59. The molecule has 164 valence electrons. The van der Waals surface area contributed by atoms with Crippen molar-refractivity contribution in [1.82, 2.24) is 14.7 Å². The number of furan rings is 1. The first-order chi connectivity index (χ1) is 16.2. The number of thioether (sulfide) groups is 1. The van der Waals surface area contributed by atoms with E-state index >= 15 is 0 Å². The van der Waals surface area contributed by atoms with Gasteiger partial charge in [0.2, 0.25) is 0 Å². The van der Waals surface area contributed by atoms with Crippen molar-refractivity contribution in [2.45, 2.75) is 31.7 Å². The lowest BCUT2D eigenvalue weighted by Crippen LogP contribution is -2.36. The number of para-hydroxylation sites is 2. The number of carbonyl (C=O) groups excluding carboxylic acids is 1. The number of aromatic nitrogens is 2. The second-order valence-electron chi connectivity index (χ2n) is 8.35. The van der Waals surface area contributed by atoms with E-state index in [1.54, 1.807) is 0 Å². The number of rotatable bonds is 4. The molecule has 6 rings (SSSR count). The molecule has 1 saturated carbocycles. The molecule has 0 N–H and O–H groups in total. The van der Waals surface area contributed by atoms with Gasteiger partial charge in [0.1, 0.15) is 15.6 Å². The van der Waals surface area contributed by atoms with Crippen LogP contribution >= 0.6 is 24.0 Å². The molecule has 2 aromatic carbocycles. The molecule has 0 bridgehead atoms. The van der Waals surface area contributed by atoms with Crippen molar-refractivity contribution in [1.29, 1.82) is 0 Å². The van der Waals surface area contributed by atoms with Gasteiger partial charge in [0.05, 0.1) is 10.6 Å². The first-order valence-corrected chi connectivity index (χ1v) is 12.3. The Balaban J connectivity index is 1.44. The first-order valence-electron chi connectivity index (χ1n) is 11.1. The van der Waals surface area contributed by atoms with E-state index < -0.39 is 0 Å². The van der Waals surface area contributed by atoms with Crippen LogP contribution in [-0.4, -0.2) is 30.9 Å². The number of hydrogen-bond donors (Lipinski definition) is 0. The van der Waals surface area contributed by atoms with E-state index in [1.807, 2.05) is 82.5 Å². The van der Waals surface area contributed by atoms with Crippen LogP contribution in [0.2, 0.25) is 0 Å². The predicted molar refractivity (Wildman–Crippen MR) is 136 cm³/mol. The lowest BCUT2D eigenvalue weighted by Gasteiger charge is -2.21. The van der Waals surface area contributed by atoms with Crippen molar-refractivity contribution >= 4 is 51.3 Å². The summed E-state index contributed by atoms with van der Waals surface area (Å²) in [5.41, 5.74) is 3.26. The normalized spacial score (nSPS) is 18.3. The van der Waals surface area contributed by atoms with Gasteiger partial charge in [-0.3, -0.25) is 9.69 Å². The molecule has 5 nitrogen and oxygen atoms in total. The van der Waals surface area contributed by atoms with Crippen molar-refractivity contribution in [3.05, 3.63) is 77.3 Å². The summed E-state index contributed by atoms with van der Waals surface area (Å²) in [5.74, 6) is 0.670. The van der Waals surface area contributed by atoms with Gasteiger partial charge in [0.25, 0.3) is 5.91 Å². The summed E-state index contributed by atoms with van der Waals surface area (Å²) >= 11 is 6.97. The molecule has 3 heterocycles. The zero-order valence-electron chi connectivity index (χ0n) is 17.8. The highest BCUT2D eigenvalue weighted by Gasteiger charge is 2.38. The van der Waals surface area contributed by atoms with Crippen LogP contribution in [0.25, 0.3) is 34.2 Å². The monoisotopic (exact) mass is 471 g/mol. The average Bonchev–Trinajstić information content (AvgIpc) is 3.61. The topological polar surface area (TPSA) is 51.3 Å². The maximum atomic E-state index is 13.3. The standard InChI is InChI=1S/C26H21N3O2S2/c30-25-23(33-26(32)29(25)20-11-5-6-12-20)15-18-16-28(19-9-2-1-3-10-19)27-24(18)22-14-17-8-4-7-13-21(17)31-22/h1-4,7-10,13-16,20H,5-6,11-12H2. The van der Waals surface area contributed by atoms with Crippen LogP contribution in [0.5, 0.6) is 0 Å². The van der Waals surface area contributed by atoms with Gasteiger partial charge in [-0.15, -0.1) is 0 Å². The number of fused-ring (bicyclic) bond motifs is 1. The third kappa shape index (κ3) is 3.71. The second-order valence-corrected chi connectivity index (χ2v) is 10.0. The Labute approximate surface area is 201 Å². The van der Waals surface area contributed by atoms with Gasteiger partial charge in [-0.05, 0) is 43.2 Å². The smallest absolute Gasteiger partial charge is 0.266 e. The Hall–Kier alpha value is -3.16. The minimum Gasteiger partial charge on any atom is -0.454 e. The highest BCUT2D eigenvalue weighted by molar-refractivity contribution is 8.26. The molecule has 2 aliphatic rings. The lowest BCUT2D eigenvalue weighted by molar-refractivity contribution is -0.123. The molecule has 33 heavy (non-hydrogen) atoms. The zero-order valence-corrected chi connectivity index (χ0v) is 19.4. The second kappa shape index (κ2) is 8.32. The van der Waals surface area contributed by atoms with Crippen LogP contribution in [0.15, 0.2) is 76.2 Å². The molecule has 1 saturated heterocycles. The molecule has 0 radical (unpaired) electrons. The fraction of sp³-hybridized carbons (Fsp3) is 0.192. The van der Waals surface area contributed by atoms with Gasteiger partial charge < -0.3 is 4.42 Å². The molecule has 1 aliphatic carbocycles. The van der Waals surface area contributed by atoms with Crippen LogP contribution in [0, 0.1) is 0 Å². The van der Waals surface area contributed by atoms with Gasteiger partial charge in [-0.25, -0.2) is 4.68 Å². The van der Waals surface area contributed by atoms with Gasteiger partial charge in [-0.1, -0.05) is 73.2 Å². The quantitative estimate of drug-likeness (QED) is 0.254. The fourth-order valence-corrected chi connectivity index (χ4v) is 5.99.